The highest BCUT2D eigenvalue weighted by atomic mass is 35.5. The van der Waals surface area contributed by atoms with Gasteiger partial charge in [0, 0.05) is 37.1 Å². The van der Waals surface area contributed by atoms with Gasteiger partial charge in [0.05, 0.1) is 18.2 Å². The minimum absolute atomic E-state index is 0. The highest BCUT2D eigenvalue weighted by Gasteiger charge is 2.35. The normalized spacial score (nSPS) is 21.7. The number of amides is 1. The zero-order valence-corrected chi connectivity index (χ0v) is 15.0. The Morgan fingerprint density at radius 1 is 1.57 bits per heavy atom. The minimum Gasteiger partial charge on any atom is -0.348 e. The van der Waals surface area contributed by atoms with Gasteiger partial charge in [0.15, 0.2) is 0 Å². The number of aromatic nitrogens is 2. The summed E-state index contributed by atoms with van der Waals surface area (Å²) >= 11 is 1.70. The van der Waals surface area contributed by atoms with Gasteiger partial charge in [-0.15, -0.1) is 23.7 Å². The van der Waals surface area contributed by atoms with Crippen LogP contribution in [0.1, 0.15) is 35.7 Å². The minimum atomic E-state index is -0.0294. The molecule has 1 saturated heterocycles. The molecule has 1 unspecified atom stereocenters. The van der Waals surface area contributed by atoms with E-state index in [1.807, 2.05) is 25.5 Å². The Labute approximate surface area is 146 Å². The van der Waals surface area contributed by atoms with Crippen molar-refractivity contribution in [2.75, 3.05) is 13.1 Å². The van der Waals surface area contributed by atoms with Crippen LogP contribution in [0.2, 0.25) is 0 Å². The van der Waals surface area contributed by atoms with Gasteiger partial charge in [-0.1, -0.05) is 13.0 Å². The second-order valence-corrected chi connectivity index (χ2v) is 6.78. The van der Waals surface area contributed by atoms with E-state index in [-0.39, 0.29) is 36.2 Å². The lowest BCUT2D eigenvalue weighted by Crippen LogP contribution is -2.36. The van der Waals surface area contributed by atoms with Crippen LogP contribution in [0.25, 0.3) is 0 Å². The Hall–Kier alpha value is -1.37. The Kier molecular flexibility index (Phi) is 6.21. The van der Waals surface area contributed by atoms with Crippen LogP contribution in [0.5, 0.6) is 0 Å². The molecule has 0 spiro atoms. The van der Waals surface area contributed by atoms with Crippen molar-refractivity contribution in [3.63, 3.8) is 0 Å². The SMILES string of the molecule is CCC(NC(=O)[C@H]1CNC[C@@H]1c1cnn(C)c1)c1cccs1.Cl. The van der Waals surface area contributed by atoms with Gasteiger partial charge in [-0.05, 0) is 23.4 Å². The number of nitrogens with one attached hydrogen (secondary N) is 2. The fourth-order valence-electron chi connectivity index (χ4n) is 3.08. The third-order valence-corrected chi connectivity index (χ3v) is 5.30. The molecule has 3 rings (SSSR count). The molecule has 23 heavy (non-hydrogen) atoms. The van der Waals surface area contributed by atoms with Gasteiger partial charge in [-0.3, -0.25) is 9.48 Å². The average Bonchev–Trinajstić information content (AvgIpc) is 3.24. The van der Waals surface area contributed by atoms with E-state index in [1.165, 1.54) is 4.88 Å². The molecule has 0 aliphatic carbocycles. The number of thiophene rings is 1. The molecule has 1 aliphatic heterocycles. The van der Waals surface area contributed by atoms with Crippen molar-refractivity contribution < 1.29 is 4.79 Å². The van der Waals surface area contributed by atoms with Crippen molar-refractivity contribution in [3.05, 3.63) is 40.3 Å². The number of rotatable bonds is 5. The zero-order valence-electron chi connectivity index (χ0n) is 13.4. The molecule has 0 saturated carbocycles. The van der Waals surface area contributed by atoms with Crippen molar-refractivity contribution in [2.24, 2.45) is 13.0 Å². The fourth-order valence-corrected chi connectivity index (χ4v) is 3.94. The highest BCUT2D eigenvalue weighted by Crippen LogP contribution is 2.29. The second-order valence-electron chi connectivity index (χ2n) is 5.80. The Balaban J connectivity index is 0.00000192. The summed E-state index contributed by atoms with van der Waals surface area (Å²) < 4.78 is 1.79. The standard InChI is InChI=1S/C16H22N4OS.ClH/c1-3-14(15-5-4-6-22-15)19-16(21)13-9-17-8-12(13)11-7-18-20(2)10-11;/h4-7,10,12-14,17H,3,8-9H2,1-2H3,(H,19,21);1H/t12-,13+,14?;/m1./s1. The second kappa shape index (κ2) is 7.95. The van der Waals surface area contributed by atoms with Crippen molar-refractivity contribution >= 4 is 29.7 Å². The van der Waals surface area contributed by atoms with Crippen LogP contribution in [0.15, 0.2) is 29.9 Å². The summed E-state index contributed by atoms with van der Waals surface area (Å²) in [7, 11) is 1.91. The van der Waals surface area contributed by atoms with E-state index in [0.717, 1.165) is 25.1 Å². The van der Waals surface area contributed by atoms with E-state index in [0.29, 0.717) is 0 Å². The number of halogens is 1. The van der Waals surface area contributed by atoms with Gasteiger partial charge in [0.2, 0.25) is 5.91 Å². The first-order chi connectivity index (χ1) is 10.7. The number of carbonyl (C=O) groups excluding carboxylic acids is 1. The molecule has 5 nitrogen and oxygen atoms in total. The molecule has 1 amide bonds. The topological polar surface area (TPSA) is 59.0 Å². The summed E-state index contributed by atoms with van der Waals surface area (Å²) in [4.78, 5) is 13.9. The first kappa shape index (κ1) is 18.0. The van der Waals surface area contributed by atoms with Gasteiger partial charge in [0.1, 0.15) is 0 Å². The van der Waals surface area contributed by atoms with Gasteiger partial charge < -0.3 is 10.6 Å². The van der Waals surface area contributed by atoms with E-state index in [9.17, 15) is 4.79 Å². The molecule has 1 fully saturated rings. The zero-order chi connectivity index (χ0) is 15.5. The summed E-state index contributed by atoms with van der Waals surface area (Å²) in [6, 6.07) is 4.23. The molecule has 1 aliphatic rings. The summed E-state index contributed by atoms with van der Waals surface area (Å²) in [6.45, 7) is 3.67. The van der Waals surface area contributed by atoms with Crippen LogP contribution in [0.4, 0.5) is 0 Å². The molecule has 2 aromatic heterocycles. The Bertz CT molecular complexity index is 628. The summed E-state index contributed by atoms with van der Waals surface area (Å²) in [5.74, 6) is 0.312. The van der Waals surface area contributed by atoms with E-state index in [1.54, 1.807) is 16.0 Å². The van der Waals surface area contributed by atoms with E-state index >= 15 is 0 Å². The lowest BCUT2D eigenvalue weighted by atomic mass is 9.90. The van der Waals surface area contributed by atoms with Crippen LogP contribution in [0, 0.1) is 5.92 Å². The number of hydrogen-bond donors (Lipinski definition) is 2. The summed E-state index contributed by atoms with van der Waals surface area (Å²) in [5, 5.41) is 12.9. The molecule has 7 heteroatoms. The maximum Gasteiger partial charge on any atom is 0.225 e. The van der Waals surface area contributed by atoms with Gasteiger partial charge in [0.25, 0.3) is 0 Å². The molecule has 0 bridgehead atoms. The lowest BCUT2D eigenvalue weighted by molar-refractivity contribution is -0.125. The van der Waals surface area contributed by atoms with Gasteiger partial charge in [-0.25, -0.2) is 0 Å². The van der Waals surface area contributed by atoms with Crippen LogP contribution >= 0.6 is 23.7 Å². The smallest absolute Gasteiger partial charge is 0.225 e. The fraction of sp³-hybridized carbons (Fsp3) is 0.500. The molecular weight excluding hydrogens is 332 g/mol. The third-order valence-electron chi connectivity index (χ3n) is 4.32. The number of nitrogens with zero attached hydrogens (tertiary/aromatic N) is 2. The molecule has 126 valence electrons. The number of carbonyl (C=O) groups is 1. The van der Waals surface area contributed by atoms with Crippen molar-refractivity contribution in [1.29, 1.82) is 0 Å². The summed E-state index contributed by atoms with van der Waals surface area (Å²) in [5.41, 5.74) is 1.14. The molecular formula is C16H23ClN4OS. The predicted octanol–water partition coefficient (Wildman–Crippen LogP) is 2.47. The average molecular weight is 355 g/mol. The largest absolute Gasteiger partial charge is 0.348 e. The van der Waals surface area contributed by atoms with E-state index in [2.05, 4.69) is 34.1 Å². The Morgan fingerprint density at radius 3 is 3.00 bits per heavy atom. The first-order valence-electron chi connectivity index (χ1n) is 7.72. The van der Waals surface area contributed by atoms with Crippen LogP contribution < -0.4 is 10.6 Å². The van der Waals surface area contributed by atoms with Crippen molar-refractivity contribution in [2.45, 2.75) is 25.3 Å². The van der Waals surface area contributed by atoms with Gasteiger partial charge >= 0.3 is 0 Å². The van der Waals surface area contributed by atoms with Crippen molar-refractivity contribution in [1.82, 2.24) is 20.4 Å². The highest BCUT2D eigenvalue weighted by molar-refractivity contribution is 7.10. The quantitative estimate of drug-likeness (QED) is 0.867. The predicted molar refractivity (Wildman–Crippen MR) is 95.1 cm³/mol. The molecule has 3 heterocycles. The van der Waals surface area contributed by atoms with E-state index < -0.39 is 0 Å². The van der Waals surface area contributed by atoms with Gasteiger partial charge in [-0.2, -0.15) is 5.10 Å². The molecule has 0 aromatic carbocycles. The third kappa shape index (κ3) is 3.94. The number of aryl methyl sites for hydroxylation is 1. The maximum atomic E-state index is 12.7. The molecule has 2 aromatic rings. The molecule has 2 N–H and O–H groups in total. The number of hydrogen-bond acceptors (Lipinski definition) is 4. The molecule has 0 radical (unpaired) electrons. The molecule has 3 atom stereocenters. The monoisotopic (exact) mass is 354 g/mol. The Morgan fingerprint density at radius 2 is 2.39 bits per heavy atom. The first-order valence-corrected chi connectivity index (χ1v) is 8.60. The lowest BCUT2D eigenvalue weighted by Gasteiger charge is -2.21. The van der Waals surface area contributed by atoms with Crippen LogP contribution in [0.3, 0.4) is 0 Å². The van der Waals surface area contributed by atoms with Crippen LogP contribution in [-0.2, 0) is 11.8 Å². The van der Waals surface area contributed by atoms with Crippen molar-refractivity contribution in [3.8, 4) is 0 Å². The van der Waals surface area contributed by atoms with E-state index in [4.69, 9.17) is 0 Å². The van der Waals surface area contributed by atoms with Crippen LogP contribution in [-0.4, -0.2) is 28.8 Å². The maximum absolute atomic E-state index is 12.7. The summed E-state index contributed by atoms with van der Waals surface area (Å²) in [6.07, 6.45) is 4.78.